The largest absolute Gasteiger partial charge is 0.507 e. The van der Waals surface area contributed by atoms with Crippen LogP contribution in [0, 0.1) is 0 Å². The standard InChI is InChI=1S/C54H56N2O20/c1-19-43(59)27(13-33(73-19)75-31-17-53(69,21(3)57)15-25-37(31)51(67)41-39(47(25)63)45(61)23-9-7-11-29(71-5)35(23)49(41)65)55-56-28-14-34(74-20(2)44(28)60)76-32-18-54(70,22(4)58)16-26-38(32)52(68)42-40(48(26)64)46(62)24-10-8-12-30(72-6)36(24)50(42)66/h7-12,19-20,27-28,31-34,43-44,55-56,59-60,63-64,67-70H,13-18H2,1-6H3/t19?,20?,27?,28?,31-,32-,33?,34?,43?,44?,53-,54-/m0/s1. The molecule has 0 saturated carbocycles. The van der Waals surface area contributed by atoms with Crippen LogP contribution in [0.5, 0.6) is 34.5 Å². The number of hydrogen-bond donors (Lipinski definition) is 10. The van der Waals surface area contributed by atoms with Gasteiger partial charge in [0.15, 0.2) is 35.7 Å². The highest BCUT2D eigenvalue weighted by molar-refractivity contribution is 6.32. The fourth-order valence-electron chi connectivity index (χ4n) is 11.7. The molecule has 2 heterocycles. The average Bonchev–Trinajstić information content (AvgIpc) is 3.38. The van der Waals surface area contributed by atoms with Crippen molar-refractivity contribution in [2.45, 2.75) is 139 Å². The third-order valence-corrected chi connectivity index (χ3v) is 16.0. The topological polar surface area (TPSA) is 344 Å². The molecule has 4 aliphatic carbocycles. The second-order valence-electron chi connectivity index (χ2n) is 20.4. The highest BCUT2D eigenvalue weighted by Crippen LogP contribution is 2.55. The van der Waals surface area contributed by atoms with Gasteiger partial charge in [0.25, 0.3) is 0 Å². The lowest BCUT2D eigenvalue weighted by Gasteiger charge is -2.44. The molecule has 22 nitrogen and oxygen atoms in total. The fraction of sp³-hybridized carbons (Fsp3) is 0.444. The second kappa shape index (κ2) is 19.1. The molecular weight excluding hydrogens is 997 g/mol. The maximum atomic E-state index is 14.1. The first-order chi connectivity index (χ1) is 35.9. The van der Waals surface area contributed by atoms with Crippen LogP contribution in [-0.2, 0) is 41.4 Å². The Hall–Kier alpha value is -6.70. The fourth-order valence-corrected chi connectivity index (χ4v) is 11.7. The minimum absolute atomic E-state index is 0.0436. The SMILES string of the molecule is COc1cccc2c1C(=O)c1c(O)c3c(c(O)c1C2=O)C[C@@](O)(C(C)=O)C[C@@H]3OC1CC(NNC2CC(O[C@H]3C[C@](O)(C(C)=O)Cc4c(O)c5c(c(O)c43)C(=O)c3c(OC)cccc3C5=O)OC(C)C2O)C(O)C(C)O1. The van der Waals surface area contributed by atoms with E-state index in [9.17, 15) is 69.6 Å². The van der Waals surface area contributed by atoms with Crippen LogP contribution in [0.15, 0.2) is 36.4 Å². The first-order valence-corrected chi connectivity index (χ1v) is 24.6. The minimum Gasteiger partial charge on any atom is -0.507 e. The molecule has 0 bridgehead atoms. The summed E-state index contributed by atoms with van der Waals surface area (Å²) in [4.78, 5) is 82.3. The predicted octanol–water partition coefficient (Wildman–Crippen LogP) is 2.25. The number of fused-ring (bicyclic) bond motifs is 6. The Bertz CT molecular complexity index is 2980. The summed E-state index contributed by atoms with van der Waals surface area (Å²) in [5.41, 5.74) is -1.67. The van der Waals surface area contributed by atoms with Gasteiger partial charge in [0, 0.05) is 71.9 Å². The monoisotopic (exact) mass is 1050 g/mol. The van der Waals surface area contributed by atoms with E-state index in [4.69, 9.17) is 28.4 Å². The number of hydrazine groups is 1. The van der Waals surface area contributed by atoms with Crippen molar-refractivity contribution in [3.05, 3.63) is 103 Å². The van der Waals surface area contributed by atoms with Crippen LogP contribution in [-0.4, -0.2) is 150 Å². The molecule has 6 aliphatic rings. The van der Waals surface area contributed by atoms with Crippen molar-refractivity contribution in [1.29, 1.82) is 0 Å². The molecule has 0 radical (unpaired) electrons. The lowest BCUT2D eigenvalue weighted by atomic mass is 9.72. The van der Waals surface area contributed by atoms with Crippen LogP contribution in [0.4, 0.5) is 0 Å². The Labute approximate surface area is 433 Å². The van der Waals surface area contributed by atoms with Crippen LogP contribution < -0.4 is 20.3 Å². The zero-order chi connectivity index (χ0) is 54.8. The third-order valence-electron chi connectivity index (χ3n) is 16.0. The van der Waals surface area contributed by atoms with Crippen LogP contribution in [0.3, 0.4) is 0 Å². The minimum atomic E-state index is -2.19. The molecule has 12 atom stereocenters. The van der Waals surface area contributed by atoms with Crippen molar-refractivity contribution in [1.82, 2.24) is 10.9 Å². The maximum Gasteiger partial charge on any atom is 0.202 e. The summed E-state index contributed by atoms with van der Waals surface area (Å²) in [7, 11) is 2.60. The number of ketones is 6. The maximum absolute atomic E-state index is 14.1. The molecule has 0 aromatic heterocycles. The first kappa shape index (κ1) is 52.7. The zero-order valence-electron chi connectivity index (χ0n) is 42.0. The molecule has 0 spiro atoms. The molecule has 402 valence electrons. The lowest BCUT2D eigenvalue weighted by molar-refractivity contribution is -0.256. The highest BCUT2D eigenvalue weighted by atomic mass is 16.7. The number of rotatable bonds is 11. The van der Waals surface area contributed by atoms with E-state index in [0.717, 1.165) is 13.8 Å². The number of nitrogens with one attached hydrogen (secondary N) is 2. The number of aromatic hydroxyl groups is 4. The molecule has 10 rings (SSSR count). The number of methoxy groups -OCH3 is 2. The van der Waals surface area contributed by atoms with E-state index in [2.05, 4.69) is 10.9 Å². The summed E-state index contributed by atoms with van der Waals surface area (Å²) in [6.07, 6.45) is -12.4. The smallest absolute Gasteiger partial charge is 0.202 e. The van der Waals surface area contributed by atoms with Gasteiger partial charge < -0.3 is 69.3 Å². The number of aliphatic hydroxyl groups excluding tert-OH is 2. The Morgan fingerprint density at radius 2 is 0.921 bits per heavy atom. The van der Waals surface area contributed by atoms with E-state index in [-0.39, 0.29) is 68.8 Å². The molecule has 4 aromatic rings. The second-order valence-corrected chi connectivity index (χ2v) is 20.4. The number of carbonyl (C=O) groups is 6. The van der Waals surface area contributed by atoms with E-state index < -0.39 is 178 Å². The Morgan fingerprint density at radius 3 is 1.26 bits per heavy atom. The lowest BCUT2D eigenvalue weighted by Crippen LogP contribution is -2.63. The van der Waals surface area contributed by atoms with Crippen molar-refractivity contribution in [3.8, 4) is 34.5 Å². The van der Waals surface area contributed by atoms with Crippen LogP contribution in [0.25, 0.3) is 0 Å². The highest BCUT2D eigenvalue weighted by Gasteiger charge is 2.52. The summed E-state index contributed by atoms with van der Waals surface area (Å²) < 4.78 is 35.7. The summed E-state index contributed by atoms with van der Waals surface area (Å²) in [6, 6.07) is 6.71. The Morgan fingerprint density at radius 1 is 0.566 bits per heavy atom. The molecule has 2 saturated heterocycles. The van der Waals surface area contributed by atoms with Crippen molar-refractivity contribution >= 4 is 34.7 Å². The summed E-state index contributed by atoms with van der Waals surface area (Å²) in [6.45, 7) is 5.32. The number of aliphatic hydroxyl groups is 4. The molecule has 8 unspecified atom stereocenters. The van der Waals surface area contributed by atoms with Gasteiger partial charge in [0.05, 0.1) is 96.3 Å². The predicted molar refractivity (Wildman–Crippen MR) is 259 cm³/mol. The van der Waals surface area contributed by atoms with Gasteiger partial charge >= 0.3 is 0 Å². The molecule has 10 N–H and O–H groups in total. The van der Waals surface area contributed by atoms with Gasteiger partial charge in [-0.05, 0) is 39.8 Å². The van der Waals surface area contributed by atoms with E-state index in [1.54, 1.807) is 0 Å². The average molecular weight is 1050 g/mol. The Balaban J connectivity index is 0.905. The van der Waals surface area contributed by atoms with Crippen molar-refractivity contribution in [2.75, 3.05) is 14.2 Å². The zero-order valence-corrected chi connectivity index (χ0v) is 42.0. The summed E-state index contributed by atoms with van der Waals surface area (Å²) in [5, 5.41) is 93.8. The van der Waals surface area contributed by atoms with Crippen molar-refractivity contribution in [2.24, 2.45) is 0 Å². The van der Waals surface area contributed by atoms with Gasteiger partial charge in [-0.3, -0.25) is 39.6 Å². The van der Waals surface area contributed by atoms with Crippen LogP contribution in [0.1, 0.15) is 152 Å². The van der Waals surface area contributed by atoms with E-state index >= 15 is 0 Å². The summed E-state index contributed by atoms with van der Waals surface area (Å²) in [5.74, 6) is -7.56. The van der Waals surface area contributed by atoms with Gasteiger partial charge in [-0.25, -0.2) is 0 Å². The van der Waals surface area contributed by atoms with Crippen LogP contribution in [0.2, 0.25) is 0 Å². The number of hydrogen-bond acceptors (Lipinski definition) is 22. The van der Waals surface area contributed by atoms with Gasteiger partial charge in [-0.15, -0.1) is 0 Å². The molecule has 0 amide bonds. The number of phenolic OH excluding ortho intramolecular Hbond substituents is 4. The van der Waals surface area contributed by atoms with E-state index in [1.165, 1.54) is 64.5 Å². The number of Topliss-reactive ketones (excluding diaryl/α,β-unsaturated/α-hetero) is 2. The van der Waals surface area contributed by atoms with Crippen molar-refractivity contribution < 1.29 is 98.0 Å². The van der Waals surface area contributed by atoms with E-state index in [0.29, 0.717) is 0 Å². The molecule has 2 aliphatic heterocycles. The molecule has 4 aromatic carbocycles. The normalized spacial score (nSPS) is 30.6. The summed E-state index contributed by atoms with van der Waals surface area (Å²) >= 11 is 0. The first-order valence-electron chi connectivity index (χ1n) is 24.6. The third kappa shape index (κ3) is 8.17. The Kier molecular flexibility index (Phi) is 13.2. The molecule has 76 heavy (non-hydrogen) atoms. The van der Waals surface area contributed by atoms with Gasteiger partial charge in [-0.1, -0.05) is 24.3 Å². The number of benzene rings is 4. The van der Waals surface area contributed by atoms with Gasteiger partial charge in [0.2, 0.25) is 11.6 Å². The number of phenols is 4. The number of carbonyl (C=O) groups excluding carboxylic acids is 6. The molecular formula is C54H56N2O20. The quantitative estimate of drug-likeness (QED) is 0.0657. The van der Waals surface area contributed by atoms with Gasteiger partial charge in [-0.2, -0.15) is 0 Å². The van der Waals surface area contributed by atoms with E-state index in [1.807, 2.05) is 0 Å². The number of ether oxygens (including phenoxy) is 6. The van der Waals surface area contributed by atoms with Gasteiger partial charge in [0.1, 0.15) is 45.7 Å². The van der Waals surface area contributed by atoms with Crippen LogP contribution >= 0.6 is 0 Å². The molecule has 2 fully saturated rings. The van der Waals surface area contributed by atoms with Crippen molar-refractivity contribution in [3.63, 3.8) is 0 Å². The molecule has 22 heteroatoms.